The number of nitrogens with two attached hydrogens (primary N) is 1. The Balaban J connectivity index is 2.47. The van der Waals surface area contributed by atoms with Gasteiger partial charge in [-0.2, -0.15) is 0 Å². The van der Waals surface area contributed by atoms with Crippen molar-refractivity contribution in [2.75, 3.05) is 11.9 Å². The minimum atomic E-state index is -1.10. The second-order valence-electron chi connectivity index (χ2n) is 3.57. The Kier molecular flexibility index (Phi) is 5.21. The smallest absolute Gasteiger partial charge is 0.320 e. The van der Waals surface area contributed by atoms with Crippen molar-refractivity contribution >= 4 is 11.9 Å². The Morgan fingerprint density at radius 2 is 2.06 bits per heavy atom. The van der Waals surface area contributed by atoms with Crippen molar-refractivity contribution < 1.29 is 9.90 Å². The van der Waals surface area contributed by atoms with Crippen LogP contribution < -0.4 is 11.1 Å². The predicted molar refractivity (Wildman–Crippen MR) is 60.3 cm³/mol. The van der Waals surface area contributed by atoms with Crippen LogP contribution in [0, 0.1) is 0 Å². The molecule has 0 saturated carbocycles. The summed E-state index contributed by atoms with van der Waals surface area (Å²) in [6, 6.07) is -1.03. The normalized spacial score (nSPS) is 12.1. The van der Waals surface area contributed by atoms with E-state index in [9.17, 15) is 4.79 Å². The van der Waals surface area contributed by atoms with Gasteiger partial charge in [0.2, 0.25) is 0 Å². The van der Waals surface area contributed by atoms with Crippen LogP contribution in [0.15, 0.2) is 0 Å². The molecule has 1 rings (SSSR count). The maximum Gasteiger partial charge on any atom is 0.320 e. The molecular formula is C9H16N6O2. The number of nitrogens with zero attached hydrogens (tertiary/aromatic N) is 4. The van der Waals surface area contributed by atoms with E-state index in [1.54, 1.807) is 0 Å². The number of carboxylic acids is 1. The Morgan fingerprint density at radius 3 is 2.59 bits per heavy atom. The Morgan fingerprint density at radius 1 is 1.41 bits per heavy atom. The van der Waals surface area contributed by atoms with Gasteiger partial charge >= 0.3 is 5.97 Å². The summed E-state index contributed by atoms with van der Waals surface area (Å²) in [6.07, 6.45) is 2.10. The summed E-state index contributed by atoms with van der Waals surface area (Å²) in [5.41, 5.74) is 5.33. The van der Waals surface area contributed by atoms with Crippen LogP contribution in [0.2, 0.25) is 0 Å². The van der Waals surface area contributed by atoms with Crippen LogP contribution in [0.1, 0.15) is 25.6 Å². The number of aliphatic carboxylic acids is 1. The van der Waals surface area contributed by atoms with Crippen molar-refractivity contribution in [3.8, 4) is 0 Å². The van der Waals surface area contributed by atoms with Gasteiger partial charge in [-0.25, -0.2) is 0 Å². The number of hydrogen-bond acceptors (Lipinski definition) is 7. The van der Waals surface area contributed by atoms with E-state index in [2.05, 4.69) is 32.6 Å². The number of nitrogens with one attached hydrogen (secondary N) is 1. The molecule has 0 aromatic carbocycles. The highest BCUT2D eigenvalue weighted by Gasteiger charge is 2.14. The number of hydrogen-bond donors (Lipinski definition) is 3. The molecule has 0 bridgehead atoms. The number of unbranched alkanes of at least 4 members (excludes halogenated alkanes) is 1. The highest BCUT2D eigenvalue weighted by molar-refractivity contribution is 5.73. The van der Waals surface area contributed by atoms with E-state index in [0.717, 1.165) is 19.4 Å². The fourth-order valence-corrected chi connectivity index (χ4v) is 1.06. The number of carboxylic acid groups (broad SMARTS) is 1. The highest BCUT2D eigenvalue weighted by Crippen LogP contribution is 1.97. The fraction of sp³-hybridized carbons (Fsp3) is 0.667. The number of aromatic nitrogens is 4. The highest BCUT2D eigenvalue weighted by atomic mass is 16.4. The maximum absolute atomic E-state index is 10.5. The molecule has 8 nitrogen and oxygen atoms in total. The molecule has 0 amide bonds. The van der Waals surface area contributed by atoms with Crippen LogP contribution in [0.25, 0.3) is 0 Å². The minimum absolute atomic E-state index is 0.0184. The van der Waals surface area contributed by atoms with Crippen molar-refractivity contribution in [3.05, 3.63) is 5.82 Å². The third kappa shape index (κ3) is 4.68. The molecule has 17 heavy (non-hydrogen) atoms. The molecule has 0 aliphatic heterocycles. The first-order valence-corrected chi connectivity index (χ1v) is 5.42. The molecule has 0 saturated heterocycles. The first-order chi connectivity index (χ1) is 8.13. The van der Waals surface area contributed by atoms with Crippen LogP contribution in [0.3, 0.4) is 0 Å². The van der Waals surface area contributed by atoms with E-state index in [-0.39, 0.29) is 12.2 Å². The second-order valence-corrected chi connectivity index (χ2v) is 3.57. The predicted octanol–water partition coefficient (Wildman–Crippen LogP) is -0.567. The van der Waals surface area contributed by atoms with Gasteiger partial charge in [0.15, 0.2) is 5.82 Å². The molecule has 94 valence electrons. The van der Waals surface area contributed by atoms with Crippen LogP contribution in [0.4, 0.5) is 5.95 Å². The summed E-state index contributed by atoms with van der Waals surface area (Å²) in [5.74, 6) is -0.536. The van der Waals surface area contributed by atoms with Crippen LogP contribution in [0.5, 0.6) is 0 Å². The lowest BCUT2D eigenvalue weighted by molar-refractivity contribution is -0.138. The number of carbonyl (C=O) groups is 1. The van der Waals surface area contributed by atoms with Gasteiger partial charge in [0.05, 0.1) is 0 Å². The van der Waals surface area contributed by atoms with Crippen molar-refractivity contribution in [1.29, 1.82) is 0 Å². The van der Waals surface area contributed by atoms with Gasteiger partial charge in [0, 0.05) is 13.0 Å². The Labute approximate surface area is 98.6 Å². The Bertz CT molecular complexity index is 355. The first kappa shape index (κ1) is 13.2. The molecule has 1 aromatic rings. The average molecular weight is 240 g/mol. The molecule has 1 atom stereocenters. The summed E-state index contributed by atoms with van der Waals surface area (Å²) in [5, 5.41) is 26.6. The molecule has 0 fully saturated rings. The summed E-state index contributed by atoms with van der Waals surface area (Å²) in [4.78, 5) is 10.5. The van der Waals surface area contributed by atoms with Gasteiger partial charge in [-0.3, -0.25) is 4.79 Å². The third-order valence-electron chi connectivity index (χ3n) is 2.05. The molecule has 1 unspecified atom stereocenters. The van der Waals surface area contributed by atoms with Crippen molar-refractivity contribution in [2.24, 2.45) is 5.73 Å². The van der Waals surface area contributed by atoms with Gasteiger partial charge in [-0.1, -0.05) is 13.3 Å². The molecule has 0 aliphatic rings. The SMILES string of the molecule is CCCCNc1nnc(CC(N)C(=O)O)nn1. The average Bonchev–Trinajstić information content (AvgIpc) is 2.31. The van der Waals surface area contributed by atoms with E-state index in [4.69, 9.17) is 10.8 Å². The monoisotopic (exact) mass is 240 g/mol. The topological polar surface area (TPSA) is 127 Å². The summed E-state index contributed by atoms with van der Waals surface area (Å²) in [7, 11) is 0. The zero-order chi connectivity index (χ0) is 12.7. The molecule has 1 heterocycles. The largest absolute Gasteiger partial charge is 0.480 e. The Hall–Kier alpha value is -1.83. The molecule has 4 N–H and O–H groups in total. The number of anilines is 1. The zero-order valence-electron chi connectivity index (χ0n) is 9.63. The lowest BCUT2D eigenvalue weighted by atomic mass is 10.2. The van der Waals surface area contributed by atoms with Gasteiger partial charge in [0.25, 0.3) is 5.95 Å². The van der Waals surface area contributed by atoms with Gasteiger partial charge in [-0.15, -0.1) is 20.4 Å². The standard InChI is InChI=1S/C9H16N6O2/c1-2-3-4-11-9-14-12-7(13-15-9)5-6(10)8(16)17/h6H,2-5,10H2,1H3,(H,16,17)(H,11,14,15). The van der Waals surface area contributed by atoms with Gasteiger partial charge in [-0.05, 0) is 6.42 Å². The van der Waals surface area contributed by atoms with Crippen molar-refractivity contribution in [3.63, 3.8) is 0 Å². The molecule has 1 aromatic heterocycles. The fourth-order valence-electron chi connectivity index (χ4n) is 1.06. The summed E-state index contributed by atoms with van der Waals surface area (Å²) >= 11 is 0. The molecular weight excluding hydrogens is 224 g/mol. The van der Waals surface area contributed by atoms with Crippen molar-refractivity contribution in [2.45, 2.75) is 32.2 Å². The van der Waals surface area contributed by atoms with Gasteiger partial charge in [0.1, 0.15) is 6.04 Å². The van der Waals surface area contributed by atoms with E-state index in [1.165, 1.54) is 0 Å². The first-order valence-electron chi connectivity index (χ1n) is 5.42. The summed E-state index contributed by atoms with van der Waals surface area (Å²) < 4.78 is 0. The molecule has 0 spiro atoms. The molecule has 8 heteroatoms. The van der Waals surface area contributed by atoms with Crippen LogP contribution in [-0.4, -0.2) is 44.1 Å². The minimum Gasteiger partial charge on any atom is -0.480 e. The zero-order valence-corrected chi connectivity index (χ0v) is 9.63. The van der Waals surface area contributed by atoms with Crippen molar-refractivity contribution in [1.82, 2.24) is 20.4 Å². The lowest BCUT2D eigenvalue weighted by Gasteiger charge is -2.04. The van der Waals surface area contributed by atoms with Gasteiger partial charge < -0.3 is 16.2 Å². The van der Waals surface area contributed by atoms with Crippen LogP contribution in [-0.2, 0) is 11.2 Å². The third-order valence-corrected chi connectivity index (χ3v) is 2.05. The van der Waals surface area contributed by atoms with E-state index < -0.39 is 12.0 Å². The van der Waals surface area contributed by atoms with E-state index in [0.29, 0.717) is 5.95 Å². The molecule has 0 aliphatic carbocycles. The lowest BCUT2D eigenvalue weighted by Crippen LogP contribution is -2.33. The molecule has 0 radical (unpaired) electrons. The summed E-state index contributed by atoms with van der Waals surface area (Å²) in [6.45, 7) is 2.84. The quantitative estimate of drug-likeness (QED) is 0.541. The van der Waals surface area contributed by atoms with E-state index in [1.807, 2.05) is 0 Å². The van der Waals surface area contributed by atoms with Crippen LogP contribution >= 0.6 is 0 Å². The second kappa shape index (κ2) is 6.69. The number of rotatable bonds is 7. The van der Waals surface area contributed by atoms with E-state index >= 15 is 0 Å². The maximum atomic E-state index is 10.5.